The summed E-state index contributed by atoms with van der Waals surface area (Å²) in [6.07, 6.45) is 2.86. The van der Waals surface area contributed by atoms with Gasteiger partial charge in [-0.3, -0.25) is 4.98 Å². The Labute approximate surface area is 102 Å². The van der Waals surface area contributed by atoms with Gasteiger partial charge in [0.05, 0.1) is 17.4 Å². The maximum Gasteiger partial charge on any atom is 0.239 e. The molecule has 6 heteroatoms. The number of nitrogen functional groups attached to an aromatic ring is 1. The molecule has 1 aromatic carbocycles. The summed E-state index contributed by atoms with van der Waals surface area (Å²) in [6, 6.07) is 4.90. The van der Waals surface area contributed by atoms with E-state index in [1.165, 1.54) is 12.4 Å². The monoisotopic (exact) mass is 255 g/mol. The first-order valence-corrected chi connectivity index (χ1v) is 5.11. The highest BCUT2D eigenvalue weighted by Gasteiger charge is 2.05. The van der Waals surface area contributed by atoms with Crippen molar-refractivity contribution in [1.82, 2.24) is 9.97 Å². The summed E-state index contributed by atoms with van der Waals surface area (Å²) in [5.74, 6) is 0.953. The standard InChI is InChI=1S/C10H7Cl2N3O/c11-6-1-2-7(12)8(3-6)16-10-5-14-4-9(13)15-10/h1-5H,(H2,13,15). The Kier molecular flexibility index (Phi) is 3.12. The Morgan fingerprint density at radius 3 is 2.75 bits per heavy atom. The van der Waals surface area contributed by atoms with Gasteiger partial charge in [-0.15, -0.1) is 0 Å². The average Bonchev–Trinajstić information content (AvgIpc) is 2.24. The molecule has 2 rings (SSSR count). The molecule has 2 aromatic rings. The summed E-state index contributed by atoms with van der Waals surface area (Å²) >= 11 is 11.7. The predicted octanol–water partition coefficient (Wildman–Crippen LogP) is 3.16. The van der Waals surface area contributed by atoms with Gasteiger partial charge in [0.1, 0.15) is 11.6 Å². The number of ether oxygens (including phenoxy) is 1. The van der Waals surface area contributed by atoms with Crippen LogP contribution in [-0.2, 0) is 0 Å². The Balaban J connectivity index is 2.30. The van der Waals surface area contributed by atoms with E-state index in [1.54, 1.807) is 18.2 Å². The van der Waals surface area contributed by atoms with E-state index in [4.69, 9.17) is 33.7 Å². The molecule has 0 bridgehead atoms. The Hall–Kier alpha value is -1.52. The summed E-state index contributed by atoms with van der Waals surface area (Å²) in [5.41, 5.74) is 5.47. The molecule has 4 nitrogen and oxygen atoms in total. The molecule has 0 aliphatic carbocycles. The van der Waals surface area contributed by atoms with E-state index in [0.29, 0.717) is 15.8 Å². The predicted molar refractivity (Wildman–Crippen MR) is 63.0 cm³/mol. The third-order valence-electron chi connectivity index (χ3n) is 1.74. The molecule has 16 heavy (non-hydrogen) atoms. The van der Waals surface area contributed by atoms with Crippen molar-refractivity contribution in [2.24, 2.45) is 0 Å². The van der Waals surface area contributed by atoms with Crippen molar-refractivity contribution in [3.8, 4) is 11.6 Å². The van der Waals surface area contributed by atoms with E-state index in [2.05, 4.69) is 9.97 Å². The number of halogens is 2. The molecule has 1 heterocycles. The van der Waals surface area contributed by atoms with Crippen LogP contribution in [0.25, 0.3) is 0 Å². The minimum Gasteiger partial charge on any atom is -0.436 e. The highest BCUT2D eigenvalue weighted by Crippen LogP contribution is 2.30. The van der Waals surface area contributed by atoms with E-state index in [9.17, 15) is 0 Å². The van der Waals surface area contributed by atoms with Crippen LogP contribution in [-0.4, -0.2) is 9.97 Å². The quantitative estimate of drug-likeness (QED) is 0.896. The van der Waals surface area contributed by atoms with Crippen LogP contribution in [0.5, 0.6) is 11.6 Å². The molecule has 0 fully saturated rings. The lowest BCUT2D eigenvalue weighted by Gasteiger charge is -2.06. The molecule has 0 amide bonds. The van der Waals surface area contributed by atoms with Gasteiger partial charge >= 0.3 is 0 Å². The van der Waals surface area contributed by atoms with E-state index in [-0.39, 0.29) is 11.7 Å². The van der Waals surface area contributed by atoms with Crippen molar-refractivity contribution in [3.05, 3.63) is 40.6 Å². The molecule has 0 unspecified atom stereocenters. The summed E-state index contributed by atoms with van der Waals surface area (Å²) in [6.45, 7) is 0. The zero-order chi connectivity index (χ0) is 11.5. The maximum atomic E-state index is 5.92. The maximum absolute atomic E-state index is 5.92. The largest absolute Gasteiger partial charge is 0.436 e. The molecule has 1 aromatic heterocycles. The Morgan fingerprint density at radius 1 is 1.19 bits per heavy atom. The number of benzene rings is 1. The fourth-order valence-corrected chi connectivity index (χ4v) is 1.40. The minimum absolute atomic E-state index is 0.268. The van der Waals surface area contributed by atoms with Crippen LogP contribution in [0.2, 0.25) is 10.0 Å². The van der Waals surface area contributed by atoms with Crippen LogP contribution in [0, 0.1) is 0 Å². The molecular formula is C10H7Cl2N3O. The van der Waals surface area contributed by atoms with Gasteiger partial charge in [0.2, 0.25) is 5.88 Å². The molecular weight excluding hydrogens is 249 g/mol. The van der Waals surface area contributed by atoms with Gasteiger partial charge in [-0.05, 0) is 12.1 Å². The molecule has 2 N–H and O–H groups in total. The topological polar surface area (TPSA) is 61.0 Å². The number of aromatic nitrogens is 2. The van der Waals surface area contributed by atoms with Gasteiger partial charge in [0.25, 0.3) is 0 Å². The van der Waals surface area contributed by atoms with Gasteiger partial charge < -0.3 is 10.5 Å². The molecule has 0 aliphatic rings. The number of rotatable bonds is 2. The second kappa shape index (κ2) is 4.55. The van der Waals surface area contributed by atoms with Crippen LogP contribution in [0.4, 0.5) is 5.82 Å². The molecule has 0 saturated heterocycles. The fraction of sp³-hybridized carbons (Fsp3) is 0. The van der Waals surface area contributed by atoms with Crippen molar-refractivity contribution >= 4 is 29.0 Å². The van der Waals surface area contributed by atoms with E-state index in [1.807, 2.05) is 0 Å². The molecule has 0 aliphatic heterocycles. The zero-order valence-electron chi connectivity index (χ0n) is 8.02. The second-order valence-electron chi connectivity index (χ2n) is 2.96. The zero-order valence-corrected chi connectivity index (χ0v) is 9.53. The van der Waals surface area contributed by atoms with Crippen molar-refractivity contribution in [3.63, 3.8) is 0 Å². The highest BCUT2D eigenvalue weighted by atomic mass is 35.5. The highest BCUT2D eigenvalue weighted by molar-refractivity contribution is 6.34. The molecule has 0 saturated carbocycles. The van der Waals surface area contributed by atoms with E-state index in [0.717, 1.165) is 0 Å². The van der Waals surface area contributed by atoms with Crippen molar-refractivity contribution in [1.29, 1.82) is 0 Å². The van der Waals surface area contributed by atoms with Gasteiger partial charge in [-0.1, -0.05) is 23.2 Å². The summed E-state index contributed by atoms with van der Waals surface area (Å²) in [4.78, 5) is 7.77. The number of anilines is 1. The van der Waals surface area contributed by atoms with Crippen LogP contribution in [0.3, 0.4) is 0 Å². The number of nitrogens with zero attached hydrogens (tertiary/aromatic N) is 2. The Morgan fingerprint density at radius 2 is 2.00 bits per heavy atom. The number of hydrogen-bond acceptors (Lipinski definition) is 4. The van der Waals surface area contributed by atoms with Gasteiger partial charge in [-0.2, -0.15) is 4.98 Å². The first-order chi connectivity index (χ1) is 7.65. The lowest BCUT2D eigenvalue weighted by Crippen LogP contribution is -1.94. The van der Waals surface area contributed by atoms with Crippen molar-refractivity contribution in [2.45, 2.75) is 0 Å². The van der Waals surface area contributed by atoms with Gasteiger partial charge in [-0.25, -0.2) is 0 Å². The lowest BCUT2D eigenvalue weighted by atomic mass is 10.3. The molecule has 0 spiro atoms. The molecule has 82 valence electrons. The lowest BCUT2D eigenvalue weighted by molar-refractivity contribution is 0.461. The van der Waals surface area contributed by atoms with Crippen molar-refractivity contribution < 1.29 is 4.74 Å². The first kappa shape index (κ1) is 11.0. The van der Waals surface area contributed by atoms with E-state index >= 15 is 0 Å². The second-order valence-corrected chi connectivity index (χ2v) is 3.80. The smallest absolute Gasteiger partial charge is 0.239 e. The van der Waals surface area contributed by atoms with Crippen LogP contribution in [0.1, 0.15) is 0 Å². The number of hydrogen-bond donors (Lipinski definition) is 1. The molecule has 0 atom stereocenters. The summed E-state index contributed by atoms with van der Waals surface area (Å²) in [7, 11) is 0. The van der Waals surface area contributed by atoms with Gasteiger partial charge in [0, 0.05) is 11.1 Å². The van der Waals surface area contributed by atoms with Crippen LogP contribution in [0.15, 0.2) is 30.6 Å². The van der Waals surface area contributed by atoms with Crippen molar-refractivity contribution in [2.75, 3.05) is 5.73 Å². The van der Waals surface area contributed by atoms with E-state index < -0.39 is 0 Å². The SMILES string of the molecule is Nc1cncc(Oc2cc(Cl)ccc2Cl)n1. The third kappa shape index (κ3) is 2.53. The van der Waals surface area contributed by atoms with Crippen LogP contribution >= 0.6 is 23.2 Å². The molecule has 0 radical (unpaired) electrons. The van der Waals surface area contributed by atoms with Crippen LogP contribution < -0.4 is 10.5 Å². The first-order valence-electron chi connectivity index (χ1n) is 4.35. The average molecular weight is 256 g/mol. The Bertz CT molecular complexity index is 519. The summed E-state index contributed by atoms with van der Waals surface area (Å²) < 4.78 is 5.40. The minimum atomic E-state index is 0.268. The summed E-state index contributed by atoms with van der Waals surface area (Å²) in [5, 5.41) is 0.963. The fourth-order valence-electron chi connectivity index (χ4n) is 1.08. The van der Waals surface area contributed by atoms with Gasteiger partial charge in [0.15, 0.2) is 0 Å². The third-order valence-corrected chi connectivity index (χ3v) is 2.29. The number of nitrogens with two attached hydrogens (primary N) is 1. The normalized spacial score (nSPS) is 10.1.